The molecule has 2 unspecified atom stereocenters. The fourth-order valence-electron chi connectivity index (χ4n) is 7.90. The first kappa shape index (κ1) is 32.2. The number of halogens is 2. The largest absolute Gasteiger partial charge is 1.00 e. The first-order chi connectivity index (χ1) is 21.1. The van der Waals surface area contributed by atoms with Crippen molar-refractivity contribution in [1.82, 2.24) is 0 Å². The Bertz CT molecular complexity index is 2080. The molecule has 8 rings (SSSR count). The van der Waals surface area contributed by atoms with Crippen molar-refractivity contribution >= 4 is 33.5 Å². The minimum Gasteiger partial charge on any atom is -1.00 e. The van der Waals surface area contributed by atoms with Gasteiger partial charge in [-0.3, -0.25) is 0 Å². The SMILES string of the molecule is CCCC1=Cc2c(-c3cc4ccccc4c4ccccc34)cccc2C1c1cccc2c1[CH]([Zr+2][SiH](C)C)c1ccccc1-2.[Cl-].[Cl-]. The third kappa shape index (κ3) is 5.33. The van der Waals surface area contributed by atoms with Crippen LogP contribution in [-0.2, 0) is 22.4 Å². The summed E-state index contributed by atoms with van der Waals surface area (Å²) in [5.74, 6) is -0.296. The Morgan fingerprint density at radius 1 is 0.600 bits per heavy atom. The van der Waals surface area contributed by atoms with Crippen molar-refractivity contribution in [3.63, 3.8) is 0 Å². The average Bonchev–Trinajstić information content (AvgIpc) is 3.56. The summed E-state index contributed by atoms with van der Waals surface area (Å²) in [6, 6.07) is 44.0. The van der Waals surface area contributed by atoms with E-state index in [-0.39, 0.29) is 24.8 Å². The molecule has 0 fully saturated rings. The van der Waals surface area contributed by atoms with Gasteiger partial charge in [0.2, 0.25) is 0 Å². The zero-order chi connectivity index (χ0) is 29.1. The topological polar surface area (TPSA) is 0 Å². The smallest absolute Gasteiger partial charge is 1.00 e. The van der Waals surface area contributed by atoms with Crippen molar-refractivity contribution in [3.05, 3.63) is 149 Å². The van der Waals surface area contributed by atoms with E-state index < -0.39 is 28.3 Å². The molecule has 0 amide bonds. The van der Waals surface area contributed by atoms with E-state index in [9.17, 15) is 0 Å². The van der Waals surface area contributed by atoms with Crippen molar-refractivity contribution in [2.45, 2.75) is 42.4 Å². The Hall–Kier alpha value is -2.74. The maximum absolute atomic E-state index is 2.59. The van der Waals surface area contributed by atoms with Crippen LogP contribution >= 0.6 is 0 Å². The van der Waals surface area contributed by atoms with E-state index in [4.69, 9.17) is 0 Å². The molecule has 0 nitrogen and oxygen atoms in total. The third-order valence-corrected chi connectivity index (χ3v) is 19.4. The number of rotatable bonds is 6. The molecule has 0 saturated heterocycles. The van der Waals surface area contributed by atoms with Crippen molar-refractivity contribution < 1.29 is 47.2 Å². The molecule has 0 aromatic heterocycles. The van der Waals surface area contributed by atoms with Crippen LogP contribution in [0.2, 0.25) is 13.1 Å². The fourth-order valence-corrected chi connectivity index (χ4v) is 17.8. The standard InChI is InChI=1S/C39H29.C2H7Si.2ClH.Zr/c1-2-11-27-24-38-33(36-22-25-12-3-5-14-28(25)30-16-7-8-17-32(30)36)19-10-21-35(38)39(27)34-20-9-18-31-29-15-6-4-13-26(29)23-37(31)34;1-3-2;;;/h3-10,12-24,39H,2,11H2,1H3;3H,1-2H3;2*1H;/q;;;;+2/p-2. The molecule has 0 aliphatic heterocycles. The molecule has 6 aromatic rings. The van der Waals surface area contributed by atoms with Crippen LogP contribution in [0.4, 0.5) is 0 Å². The second-order valence-electron chi connectivity index (χ2n) is 12.6. The van der Waals surface area contributed by atoms with E-state index in [0.29, 0.717) is 9.54 Å². The van der Waals surface area contributed by atoms with Crippen LogP contribution in [0.5, 0.6) is 0 Å². The van der Waals surface area contributed by atoms with Gasteiger partial charge < -0.3 is 24.8 Å². The van der Waals surface area contributed by atoms with E-state index in [1.54, 1.807) is 22.3 Å². The van der Waals surface area contributed by atoms with Crippen molar-refractivity contribution in [2.75, 3.05) is 0 Å². The van der Waals surface area contributed by atoms with Gasteiger partial charge in [-0.25, -0.2) is 0 Å². The molecule has 222 valence electrons. The molecule has 45 heavy (non-hydrogen) atoms. The number of benzene rings is 6. The van der Waals surface area contributed by atoms with Crippen LogP contribution in [-0.4, -0.2) is 5.92 Å². The van der Waals surface area contributed by atoms with Crippen LogP contribution < -0.4 is 24.8 Å². The summed E-state index contributed by atoms with van der Waals surface area (Å²) in [4.78, 5) is 0. The zero-order valence-electron chi connectivity index (χ0n) is 25.9. The molecule has 0 heterocycles. The quantitative estimate of drug-likeness (QED) is 0.166. The van der Waals surface area contributed by atoms with Crippen LogP contribution in [0, 0.1) is 0 Å². The van der Waals surface area contributed by atoms with E-state index in [1.165, 1.54) is 61.3 Å². The van der Waals surface area contributed by atoms with Crippen LogP contribution in [0.25, 0.3) is 49.9 Å². The second-order valence-corrected chi connectivity index (χ2v) is 27.6. The predicted molar refractivity (Wildman–Crippen MR) is 184 cm³/mol. The van der Waals surface area contributed by atoms with Crippen LogP contribution in [0.3, 0.4) is 0 Å². The normalized spacial score (nSPS) is 16.0. The average molecular weight is 719 g/mol. The van der Waals surface area contributed by atoms with E-state index in [2.05, 4.69) is 141 Å². The molecule has 0 bridgehead atoms. The summed E-state index contributed by atoms with van der Waals surface area (Å²) in [6.07, 6.45) is 4.88. The minimum atomic E-state index is -0.631. The van der Waals surface area contributed by atoms with Gasteiger partial charge >= 0.3 is 263 Å². The first-order valence-corrected chi connectivity index (χ1v) is 24.4. The molecular formula is C41H36Cl2SiZr. The summed E-state index contributed by atoms with van der Waals surface area (Å²) in [7, 11) is 0. The van der Waals surface area contributed by atoms with E-state index in [0.717, 1.165) is 6.42 Å². The monoisotopic (exact) mass is 716 g/mol. The summed E-state index contributed by atoms with van der Waals surface area (Å²) >= 11 is -0.565. The van der Waals surface area contributed by atoms with Gasteiger partial charge in [0.1, 0.15) is 0 Å². The van der Waals surface area contributed by atoms with Gasteiger partial charge in [-0.05, 0) is 0 Å². The van der Waals surface area contributed by atoms with Gasteiger partial charge in [-0.2, -0.15) is 0 Å². The Labute approximate surface area is 291 Å². The summed E-state index contributed by atoms with van der Waals surface area (Å²) in [5, 5.41) is 5.32. The minimum absolute atomic E-state index is 0. The molecule has 0 saturated carbocycles. The number of allylic oxidation sites excluding steroid dienone is 1. The fraction of sp³-hybridized carbons (Fsp3) is 0.171. The Morgan fingerprint density at radius 3 is 2.00 bits per heavy atom. The number of fused-ring (bicyclic) bond motifs is 7. The summed E-state index contributed by atoms with van der Waals surface area (Å²) in [5.41, 5.74) is 15.1. The van der Waals surface area contributed by atoms with Crippen molar-refractivity contribution in [2.24, 2.45) is 0 Å². The van der Waals surface area contributed by atoms with E-state index >= 15 is 0 Å². The first-order valence-electron chi connectivity index (χ1n) is 15.9. The molecule has 2 atom stereocenters. The maximum atomic E-state index is 2.59. The molecule has 0 N–H and O–H groups in total. The van der Waals surface area contributed by atoms with Gasteiger partial charge in [0.15, 0.2) is 0 Å². The maximum Gasteiger partial charge on any atom is -1.00 e. The molecule has 6 aromatic carbocycles. The molecule has 2 aliphatic carbocycles. The molecular weight excluding hydrogens is 683 g/mol. The third-order valence-electron chi connectivity index (χ3n) is 9.55. The van der Waals surface area contributed by atoms with Gasteiger partial charge in [0.25, 0.3) is 0 Å². The molecule has 4 heteroatoms. The number of hydrogen-bond acceptors (Lipinski definition) is 0. The van der Waals surface area contributed by atoms with Gasteiger partial charge in [0, 0.05) is 0 Å². The second kappa shape index (κ2) is 13.2. The Morgan fingerprint density at radius 2 is 1.22 bits per heavy atom. The van der Waals surface area contributed by atoms with Gasteiger partial charge in [0.05, 0.1) is 0 Å². The summed E-state index contributed by atoms with van der Waals surface area (Å²) in [6.45, 7) is 7.51. The summed E-state index contributed by atoms with van der Waals surface area (Å²) < 4.78 is 0.678. The Balaban J connectivity index is 0.00000179. The molecule has 2 aliphatic rings. The number of hydrogen-bond donors (Lipinski definition) is 0. The molecule has 0 spiro atoms. The predicted octanol–water partition coefficient (Wildman–Crippen LogP) is 5.13. The van der Waals surface area contributed by atoms with E-state index in [1.807, 2.05) is 0 Å². The zero-order valence-corrected chi connectivity index (χ0v) is 31.1. The van der Waals surface area contributed by atoms with Crippen molar-refractivity contribution in [1.29, 1.82) is 0 Å². The Kier molecular flexibility index (Phi) is 9.43. The van der Waals surface area contributed by atoms with Gasteiger partial charge in [-0.1, -0.05) is 6.07 Å². The van der Waals surface area contributed by atoms with Crippen LogP contribution in [0.1, 0.15) is 57.1 Å². The van der Waals surface area contributed by atoms with Crippen LogP contribution in [0.15, 0.2) is 121 Å². The van der Waals surface area contributed by atoms with Crippen molar-refractivity contribution in [3.8, 4) is 22.3 Å². The molecule has 0 radical (unpaired) electrons. The van der Waals surface area contributed by atoms with Gasteiger partial charge in [-0.15, -0.1) is 0 Å².